The average Bonchev–Trinajstić information content (AvgIpc) is 3.01. The van der Waals surface area contributed by atoms with Crippen molar-refractivity contribution in [3.8, 4) is 5.75 Å². The van der Waals surface area contributed by atoms with E-state index in [-0.39, 0.29) is 23.8 Å². The number of aryl methyl sites for hydroxylation is 1. The van der Waals surface area contributed by atoms with Gasteiger partial charge < -0.3 is 15.0 Å². The average molecular weight is 786 g/mol. The molecule has 0 bridgehead atoms. The van der Waals surface area contributed by atoms with E-state index >= 15 is 0 Å². The lowest BCUT2D eigenvalue weighted by Gasteiger charge is -2.35. The van der Waals surface area contributed by atoms with E-state index in [0.29, 0.717) is 15.9 Å². The molecule has 1 unspecified atom stereocenters. The molecule has 2 amide bonds. The number of carbonyl (C=O) groups excluding carboxylic acids is 2. The zero-order valence-electron chi connectivity index (χ0n) is 27.0. The summed E-state index contributed by atoms with van der Waals surface area (Å²) >= 11 is 6.90. The third-order valence-electron chi connectivity index (χ3n) is 7.32. The van der Waals surface area contributed by atoms with Gasteiger partial charge in [0.2, 0.25) is 11.8 Å². The van der Waals surface area contributed by atoms with Crippen molar-refractivity contribution < 1.29 is 22.7 Å². The van der Waals surface area contributed by atoms with E-state index in [4.69, 9.17) is 4.74 Å². The summed E-state index contributed by atoms with van der Waals surface area (Å²) in [4.78, 5) is 30.1. The molecule has 248 valence electrons. The predicted octanol–water partition coefficient (Wildman–Crippen LogP) is 7.28. The Balaban J connectivity index is 1.83. The number of rotatable bonds is 12. The number of hydrogen-bond acceptors (Lipinski definition) is 5. The molecule has 0 aliphatic carbocycles. The van der Waals surface area contributed by atoms with Gasteiger partial charge in [0.25, 0.3) is 10.0 Å². The lowest BCUT2D eigenvalue weighted by Crippen LogP contribution is -2.56. The van der Waals surface area contributed by atoms with E-state index in [9.17, 15) is 18.0 Å². The van der Waals surface area contributed by atoms with E-state index in [1.165, 1.54) is 24.1 Å². The van der Waals surface area contributed by atoms with Crippen molar-refractivity contribution in [1.82, 2.24) is 10.2 Å². The maximum Gasteiger partial charge on any atom is 0.264 e. The standard InChI is InChI=1S/C36H39Br2N3O5S/c1-25-14-16-29(17-15-25)41(47(44,45)30-18-19-33(46-5)31(38)22-30)24-34(42)40(23-27-12-9-13-28(37)20-27)32(35(43)39-36(2,3)4)21-26-10-7-6-8-11-26/h6-20,22,32H,21,23-24H2,1-5H3,(H,39,43). The molecule has 1 N–H and O–H groups in total. The number of carbonyl (C=O) groups is 2. The molecule has 4 aromatic carbocycles. The Hall–Kier alpha value is -3.67. The van der Waals surface area contributed by atoms with Gasteiger partial charge >= 0.3 is 0 Å². The highest BCUT2D eigenvalue weighted by Crippen LogP contribution is 2.31. The molecular formula is C36H39Br2N3O5S. The maximum absolute atomic E-state index is 14.6. The molecular weight excluding hydrogens is 746 g/mol. The number of benzene rings is 4. The molecule has 0 saturated carbocycles. The van der Waals surface area contributed by atoms with Crippen molar-refractivity contribution in [2.24, 2.45) is 0 Å². The first-order valence-electron chi connectivity index (χ1n) is 15.0. The summed E-state index contributed by atoms with van der Waals surface area (Å²) in [5.74, 6) is -0.407. The molecule has 0 heterocycles. The highest BCUT2D eigenvalue weighted by Gasteiger charge is 2.35. The Morgan fingerprint density at radius 2 is 1.53 bits per heavy atom. The van der Waals surface area contributed by atoms with Gasteiger partial charge in [-0.2, -0.15) is 0 Å². The van der Waals surface area contributed by atoms with Crippen molar-refractivity contribution in [3.05, 3.63) is 123 Å². The van der Waals surface area contributed by atoms with Crippen molar-refractivity contribution in [3.63, 3.8) is 0 Å². The first-order chi connectivity index (χ1) is 22.2. The second-order valence-electron chi connectivity index (χ2n) is 12.2. The van der Waals surface area contributed by atoms with Crippen LogP contribution in [-0.2, 0) is 32.6 Å². The van der Waals surface area contributed by atoms with Gasteiger partial charge in [-0.15, -0.1) is 0 Å². The third-order valence-corrected chi connectivity index (χ3v) is 10.2. The van der Waals surface area contributed by atoms with Gasteiger partial charge in [-0.1, -0.05) is 76.1 Å². The minimum atomic E-state index is -4.26. The summed E-state index contributed by atoms with van der Waals surface area (Å²) in [5.41, 5.74) is 2.31. The smallest absolute Gasteiger partial charge is 0.264 e. The monoisotopic (exact) mass is 783 g/mol. The van der Waals surface area contributed by atoms with Crippen LogP contribution in [0, 0.1) is 6.92 Å². The highest BCUT2D eigenvalue weighted by atomic mass is 79.9. The van der Waals surface area contributed by atoms with Gasteiger partial charge in [0.1, 0.15) is 18.3 Å². The van der Waals surface area contributed by atoms with Gasteiger partial charge in [-0.3, -0.25) is 13.9 Å². The molecule has 4 rings (SSSR count). The molecule has 0 saturated heterocycles. The van der Waals surface area contributed by atoms with Crippen LogP contribution in [0.4, 0.5) is 5.69 Å². The molecule has 0 aromatic heterocycles. The second kappa shape index (κ2) is 15.5. The fraction of sp³-hybridized carbons (Fsp3) is 0.278. The maximum atomic E-state index is 14.6. The molecule has 0 aliphatic rings. The fourth-order valence-corrected chi connectivity index (χ4v) is 7.59. The van der Waals surface area contributed by atoms with E-state index in [1.807, 2.05) is 82.3 Å². The first-order valence-corrected chi connectivity index (χ1v) is 18.0. The van der Waals surface area contributed by atoms with Crippen LogP contribution in [-0.4, -0.2) is 50.4 Å². The summed E-state index contributed by atoms with van der Waals surface area (Å²) in [5, 5.41) is 3.05. The van der Waals surface area contributed by atoms with E-state index in [1.54, 1.807) is 30.3 Å². The number of amides is 2. The molecule has 8 nitrogen and oxygen atoms in total. The Kier molecular flexibility index (Phi) is 11.9. The van der Waals surface area contributed by atoms with Crippen LogP contribution >= 0.6 is 31.9 Å². The molecule has 0 spiro atoms. The van der Waals surface area contributed by atoms with Crippen LogP contribution < -0.4 is 14.4 Å². The zero-order valence-corrected chi connectivity index (χ0v) is 31.0. The number of methoxy groups -OCH3 is 1. The SMILES string of the molecule is COc1ccc(S(=O)(=O)N(CC(=O)N(Cc2cccc(Br)c2)C(Cc2ccccc2)C(=O)NC(C)(C)C)c2ccc(C)cc2)cc1Br. The van der Waals surface area contributed by atoms with Crippen LogP contribution in [0.15, 0.2) is 111 Å². The lowest BCUT2D eigenvalue weighted by molar-refractivity contribution is -0.140. The van der Waals surface area contributed by atoms with Gasteiger partial charge in [-0.25, -0.2) is 8.42 Å². The highest BCUT2D eigenvalue weighted by molar-refractivity contribution is 9.10. The van der Waals surface area contributed by atoms with Crippen LogP contribution in [0.5, 0.6) is 5.75 Å². The summed E-state index contributed by atoms with van der Waals surface area (Å²) in [6.45, 7) is 7.06. The van der Waals surface area contributed by atoms with Crippen LogP contribution in [0.3, 0.4) is 0 Å². The van der Waals surface area contributed by atoms with Crippen LogP contribution in [0.25, 0.3) is 0 Å². The van der Waals surface area contributed by atoms with Crippen molar-refractivity contribution in [2.45, 2.75) is 57.1 Å². The molecule has 47 heavy (non-hydrogen) atoms. The molecule has 0 fully saturated rings. The molecule has 11 heteroatoms. The Morgan fingerprint density at radius 3 is 2.13 bits per heavy atom. The van der Waals surface area contributed by atoms with E-state index < -0.39 is 34.1 Å². The van der Waals surface area contributed by atoms with E-state index in [2.05, 4.69) is 37.2 Å². The van der Waals surface area contributed by atoms with Gasteiger partial charge in [0.05, 0.1) is 22.2 Å². The van der Waals surface area contributed by atoms with Crippen molar-refractivity contribution in [1.29, 1.82) is 0 Å². The minimum absolute atomic E-state index is 0.0246. The number of nitrogens with one attached hydrogen (secondary N) is 1. The number of nitrogens with zero attached hydrogens (tertiary/aromatic N) is 2. The first kappa shape index (κ1) is 36.2. The van der Waals surface area contributed by atoms with Crippen LogP contribution in [0.2, 0.25) is 0 Å². The Labute approximate surface area is 294 Å². The molecule has 1 atom stereocenters. The largest absolute Gasteiger partial charge is 0.496 e. The van der Waals surface area contributed by atoms with Gasteiger partial charge in [0.15, 0.2) is 0 Å². The van der Waals surface area contributed by atoms with Crippen LogP contribution in [0.1, 0.15) is 37.5 Å². The quantitative estimate of drug-likeness (QED) is 0.163. The lowest BCUT2D eigenvalue weighted by atomic mass is 10.0. The number of ether oxygens (including phenoxy) is 1. The predicted molar refractivity (Wildman–Crippen MR) is 193 cm³/mol. The molecule has 0 radical (unpaired) electrons. The second-order valence-corrected chi connectivity index (χ2v) is 15.9. The number of anilines is 1. The number of sulfonamides is 1. The summed E-state index contributed by atoms with van der Waals surface area (Å²) in [7, 11) is -2.77. The van der Waals surface area contributed by atoms with Gasteiger partial charge in [-0.05, 0) is 97.2 Å². The minimum Gasteiger partial charge on any atom is -0.496 e. The number of hydrogen-bond donors (Lipinski definition) is 1. The topological polar surface area (TPSA) is 96.0 Å². The summed E-state index contributed by atoms with van der Waals surface area (Å²) < 4.78 is 36.3. The normalized spacial score (nSPS) is 12.2. The van der Waals surface area contributed by atoms with Crippen molar-refractivity contribution in [2.75, 3.05) is 18.0 Å². The Bertz CT molecular complexity index is 1810. The zero-order chi connectivity index (χ0) is 34.4. The molecule has 0 aliphatic heterocycles. The molecule has 4 aromatic rings. The number of halogens is 2. The summed E-state index contributed by atoms with van der Waals surface area (Å²) in [6.07, 6.45) is 0.227. The summed E-state index contributed by atoms with van der Waals surface area (Å²) in [6, 6.07) is 27.4. The fourth-order valence-electron chi connectivity index (χ4n) is 5.01. The third kappa shape index (κ3) is 9.68. The van der Waals surface area contributed by atoms with Crippen molar-refractivity contribution >= 4 is 59.4 Å². The van der Waals surface area contributed by atoms with E-state index in [0.717, 1.165) is 25.5 Å². The van der Waals surface area contributed by atoms with Gasteiger partial charge in [0, 0.05) is 23.0 Å². The Morgan fingerprint density at radius 1 is 0.872 bits per heavy atom.